The molecule has 0 aromatic heterocycles. The van der Waals surface area contributed by atoms with Crippen LogP contribution in [0.1, 0.15) is 32.3 Å². The van der Waals surface area contributed by atoms with Gasteiger partial charge in [-0.1, -0.05) is 12.1 Å². The lowest BCUT2D eigenvalue weighted by Gasteiger charge is -2.33. The number of aromatic hydroxyl groups is 1. The number of phenolic OH excluding ortho intramolecular Hbond substituents is 1. The van der Waals surface area contributed by atoms with Gasteiger partial charge in [0.2, 0.25) is 0 Å². The molecular weight excluding hydrogens is 264 g/mol. The van der Waals surface area contributed by atoms with Crippen LogP contribution in [0, 0.1) is 5.92 Å². The fourth-order valence-corrected chi connectivity index (χ4v) is 2.93. The van der Waals surface area contributed by atoms with E-state index in [-0.39, 0.29) is 5.75 Å². The molecule has 1 aromatic rings. The number of piperidine rings is 1. The van der Waals surface area contributed by atoms with Crippen LogP contribution >= 0.6 is 0 Å². The van der Waals surface area contributed by atoms with Crippen LogP contribution in [0.25, 0.3) is 0 Å². The fraction of sp³-hybridized carbons (Fsp3) is 0.647. The van der Waals surface area contributed by atoms with Crippen molar-refractivity contribution in [2.75, 3.05) is 26.7 Å². The predicted octanol–water partition coefficient (Wildman–Crippen LogP) is 2.61. The second-order valence-corrected chi connectivity index (χ2v) is 6.18. The quantitative estimate of drug-likeness (QED) is 0.846. The van der Waals surface area contributed by atoms with E-state index in [0.717, 1.165) is 37.7 Å². The topological polar surface area (TPSA) is 44.7 Å². The van der Waals surface area contributed by atoms with Gasteiger partial charge < -0.3 is 15.2 Å². The van der Waals surface area contributed by atoms with Gasteiger partial charge in [-0.05, 0) is 51.8 Å². The van der Waals surface area contributed by atoms with Gasteiger partial charge in [-0.2, -0.15) is 0 Å². The zero-order valence-electron chi connectivity index (χ0n) is 13.4. The normalized spacial score (nSPS) is 16.6. The van der Waals surface area contributed by atoms with E-state index in [0.29, 0.717) is 11.8 Å². The van der Waals surface area contributed by atoms with E-state index in [2.05, 4.69) is 24.1 Å². The first-order valence-corrected chi connectivity index (χ1v) is 7.91. The summed E-state index contributed by atoms with van der Waals surface area (Å²) in [5.41, 5.74) is 0.942. The van der Waals surface area contributed by atoms with Crippen molar-refractivity contribution in [3.63, 3.8) is 0 Å². The van der Waals surface area contributed by atoms with Crippen LogP contribution in [0.3, 0.4) is 0 Å². The van der Waals surface area contributed by atoms with Gasteiger partial charge in [0.05, 0.1) is 7.11 Å². The average molecular weight is 292 g/mol. The average Bonchev–Trinajstić information content (AvgIpc) is 2.49. The van der Waals surface area contributed by atoms with Gasteiger partial charge in [0.1, 0.15) is 0 Å². The van der Waals surface area contributed by atoms with Gasteiger partial charge in [-0.15, -0.1) is 0 Å². The molecule has 1 aromatic carbocycles. The maximum absolute atomic E-state index is 10.3. The summed E-state index contributed by atoms with van der Waals surface area (Å²) in [5, 5.41) is 13.7. The van der Waals surface area contributed by atoms with Gasteiger partial charge in [-0.3, -0.25) is 4.90 Å². The lowest BCUT2D eigenvalue weighted by Crippen LogP contribution is -2.39. The molecule has 1 fully saturated rings. The standard InChI is InChI=1S/C17H28N2O2/c1-13(2)19(11-14-7-9-18-10-8-14)12-15-5-4-6-16(21-3)17(15)20/h4-6,13-14,18,20H,7-12H2,1-3H3. The second kappa shape index (κ2) is 7.66. The lowest BCUT2D eigenvalue weighted by molar-refractivity contribution is 0.160. The Labute approximate surface area is 128 Å². The van der Waals surface area contributed by atoms with Crippen LogP contribution in [0.5, 0.6) is 11.5 Å². The Morgan fingerprint density at radius 2 is 2.05 bits per heavy atom. The maximum atomic E-state index is 10.3. The lowest BCUT2D eigenvalue weighted by atomic mass is 9.96. The molecule has 0 atom stereocenters. The highest BCUT2D eigenvalue weighted by Gasteiger charge is 2.20. The zero-order valence-corrected chi connectivity index (χ0v) is 13.4. The maximum Gasteiger partial charge on any atom is 0.162 e. The summed E-state index contributed by atoms with van der Waals surface area (Å²) in [4.78, 5) is 2.45. The molecule has 0 radical (unpaired) electrons. The molecule has 0 bridgehead atoms. The predicted molar refractivity (Wildman–Crippen MR) is 85.8 cm³/mol. The first kappa shape index (κ1) is 16.1. The van der Waals surface area contributed by atoms with Crippen LogP contribution in [0.15, 0.2) is 18.2 Å². The smallest absolute Gasteiger partial charge is 0.162 e. The van der Waals surface area contributed by atoms with Crippen LogP contribution in [0.2, 0.25) is 0 Å². The Morgan fingerprint density at radius 1 is 1.33 bits per heavy atom. The molecule has 0 unspecified atom stereocenters. The summed E-state index contributed by atoms with van der Waals surface area (Å²) in [6, 6.07) is 6.18. The minimum Gasteiger partial charge on any atom is -0.504 e. The van der Waals surface area contributed by atoms with E-state index in [9.17, 15) is 5.11 Å². The van der Waals surface area contributed by atoms with Crippen molar-refractivity contribution in [2.45, 2.75) is 39.3 Å². The van der Waals surface area contributed by atoms with E-state index in [1.165, 1.54) is 12.8 Å². The van der Waals surface area contributed by atoms with E-state index >= 15 is 0 Å². The third-order valence-corrected chi connectivity index (χ3v) is 4.36. The largest absolute Gasteiger partial charge is 0.504 e. The first-order valence-electron chi connectivity index (χ1n) is 7.91. The van der Waals surface area contributed by atoms with E-state index < -0.39 is 0 Å². The van der Waals surface area contributed by atoms with Crippen molar-refractivity contribution in [3.8, 4) is 11.5 Å². The third-order valence-electron chi connectivity index (χ3n) is 4.36. The Balaban J connectivity index is 2.05. The Hall–Kier alpha value is -1.26. The van der Waals surface area contributed by atoms with Crippen molar-refractivity contribution in [1.29, 1.82) is 0 Å². The summed E-state index contributed by atoms with van der Waals surface area (Å²) in [6.45, 7) is 8.55. The molecule has 1 aliphatic rings. The number of nitrogens with one attached hydrogen (secondary N) is 1. The number of nitrogens with zero attached hydrogens (tertiary/aromatic N) is 1. The molecule has 118 valence electrons. The molecule has 0 spiro atoms. The number of hydrogen-bond donors (Lipinski definition) is 2. The van der Waals surface area contributed by atoms with Crippen LogP contribution < -0.4 is 10.1 Å². The molecule has 0 aliphatic carbocycles. The van der Waals surface area contributed by atoms with E-state index in [1.807, 2.05) is 12.1 Å². The Kier molecular flexibility index (Phi) is 5.88. The van der Waals surface area contributed by atoms with Gasteiger partial charge in [0.15, 0.2) is 11.5 Å². The van der Waals surface area contributed by atoms with E-state index in [4.69, 9.17) is 4.74 Å². The molecule has 0 saturated carbocycles. The van der Waals surface area contributed by atoms with Crippen molar-refractivity contribution in [2.24, 2.45) is 5.92 Å². The molecule has 0 amide bonds. The molecule has 21 heavy (non-hydrogen) atoms. The minimum absolute atomic E-state index is 0.274. The highest BCUT2D eigenvalue weighted by molar-refractivity contribution is 5.45. The second-order valence-electron chi connectivity index (χ2n) is 6.18. The Morgan fingerprint density at radius 3 is 2.67 bits per heavy atom. The molecule has 4 heteroatoms. The van der Waals surface area contributed by atoms with Crippen molar-refractivity contribution < 1.29 is 9.84 Å². The number of hydrogen-bond acceptors (Lipinski definition) is 4. The zero-order chi connectivity index (χ0) is 15.2. The van der Waals surface area contributed by atoms with Crippen molar-refractivity contribution in [3.05, 3.63) is 23.8 Å². The number of rotatable bonds is 6. The molecule has 4 nitrogen and oxygen atoms in total. The number of ether oxygens (including phenoxy) is 1. The Bertz CT molecular complexity index is 442. The molecule has 1 heterocycles. The summed E-state index contributed by atoms with van der Waals surface area (Å²) in [7, 11) is 1.59. The third kappa shape index (κ3) is 4.35. The summed E-state index contributed by atoms with van der Waals surface area (Å²) in [6.07, 6.45) is 2.49. The molecule has 1 saturated heterocycles. The number of benzene rings is 1. The van der Waals surface area contributed by atoms with Gasteiger partial charge in [0, 0.05) is 24.7 Å². The number of phenols is 1. The summed E-state index contributed by atoms with van der Waals surface area (Å²) < 4.78 is 5.20. The molecule has 2 N–H and O–H groups in total. The highest BCUT2D eigenvalue weighted by atomic mass is 16.5. The van der Waals surface area contributed by atoms with Crippen LogP contribution in [-0.4, -0.2) is 42.8 Å². The molecule has 2 rings (SSSR count). The van der Waals surface area contributed by atoms with Crippen molar-refractivity contribution in [1.82, 2.24) is 10.2 Å². The van der Waals surface area contributed by atoms with Gasteiger partial charge in [0.25, 0.3) is 0 Å². The van der Waals surface area contributed by atoms with Crippen LogP contribution in [0.4, 0.5) is 0 Å². The SMILES string of the molecule is COc1cccc(CN(CC2CCNCC2)C(C)C)c1O. The summed E-state index contributed by atoms with van der Waals surface area (Å²) >= 11 is 0. The number of methoxy groups -OCH3 is 1. The fourth-order valence-electron chi connectivity index (χ4n) is 2.93. The van der Waals surface area contributed by atoms with Crippen LogP contribution in [-0.2, 0) is 6.54 Å². The monoisotopic (exact) mass is 292 g/mol. The minimum atomic E-state index is 0.274. The first-order chi connectivity index (χ1) is 10.1. The number of para-hydroxylation sites is 1. The van der Waals surface area contributed by atoms with Gasteiger partial charge in [-0.25, -0.2) is 0 Å². The highest BCUT2D eigenvalue weighted by Crippen LogP contribution is 2.31. The van der Waals surface area contributed by atoms with Gasteiger partial charge >= 0.3 is 0 Å². The summed E-state index contributed by atoms with van der Waals surface area (Å²) in [5.74, 6) is 1.58. The van der Waals surface area contributed by atoms with E-state index in [1.54, 1.807) is 13.2 Å². The van der Waals surface area contributed by atoms with Crippen molar-refractivity contribution >= 4 is 0 Å². The molecule has 1 aliphatic heterocycles. The molecular formula is C17H28N2O2.